The molecule has 1 N–H and O–H groups in total. The number of carbonyl (C=O) groups excluding carboxylic acids is 1. The van der Waals surface area contributed by atoms with Crippen LogP contribution in [0.2, 0.25) is 0 Å². The number of carbonyl (C=O) groups is 2. The monoisotopic (exact) mass is 261 g/mol. The summed E-state index contributed by atoms with van der Waals surface area (Å²) in [5.74, 6) is -0.914. The quantitative estimate of drug-likeness (QED) is 0.904. The number of hydrogen-bond acceptors (Lipinski definition) is 2. The van der Waals surface area contributed by atoms with E-state index in [1.165, 1.54) is 5.56 Å². The third-order valence-corrected chi connectivity index (χ3v) is 3.78. The van der Waals surface area contributed by atoms with Crippen molar-refractivity contribution in [1.29, 1.82) is 0 Å². The molecule has 0 aromatic heterocycles. The highest BCUT2D eigenvalue weighted by Crippen LogP contribution is 2.28. The summed E-state index contributed by atoms with van der Waals surface area (Å²) >= 11 is 0. The first-order valence-corrected chi connectivity index (χ1v) is 6.60. The van der Waals surface area contributed by atoms with E-state index in [0.717, 1.165) is 24.1 Å². The summed E-state index contributed by atoms with van der Waals surface area (Å²) in [6.45, 7) is 1.73. The summed E-state index contributed by atoms with van der Waals surface area (Å²) in [5, 5.41) is 8.87. The molecule has 1 heterocycles. The van der Waals surface area contributed by atoms with Crippen molar-refractivity contribution in [2.75, 3.05) is 11.9 Å². The number of amides is 1. The van der Waals surface area contributed by atoms with Gasteiger partial charge in [0.05, 0.1) is 5.92 Å². The minimum absolute atomic E-state index is 0.153. The molecule has 4 nitrogen and oxygen atoms in total. The van der Waals surface area contributed by atoms with E-state index < -0.39 is 5.97 Å². The summed E-state index contributed by atoms with van der Waals surface area (Å²) in [6.07, 6.45) is 2.74. The van der Waals surface area contributed by atoms with E-state index in [-0.39, 0.29) is 11.8 Å². The molecule has 1 aliphatic heterocycles. The van der Waals surface area contributed by atoms with Gasteiger partial charge in [-0.05, 0) is 36.5 Å². The van der Waals surface area contributed by atoms with Crippen molar-refractivity contribution in [2.24, 2.45) is 5.92 Å². The molecule has 4 heteroatoms. The average Bonchev–Trinajstić information content (AvgIpc) is 2.40. The van der Waals surface area contributed by atoms with Crippen LogP contribution in [0.4, 0.5) is 5.69 Å². The van der Waals surface area contributed by atoms with Gasteiger partial charge in [0.25, 0.3) is 0 Å². The highest BCUT2D eigenvalue weighted by molar-refractivity contribution is 5.95. The molecule has 0 aliphatic carbocycles. The number of aryl methyl sites for hydroxylation is 2. The molecule has 1 aromatic carbocycles. The Balaban J connectivity index is 2.09. The van der Waals surface area contributed by atoms with Crippen molar-refractivity contribution in [2.45, 2.75) is 32.6 Å². The molecule has 0 bridgehead atoms. The van der Waals surface area contributed by atoms with Gasteiger partial charge < -0.3 is 10.0 Å². The molecule has 0 fully saturated rings. The minimum Gasteiger partial charge on any atom is -0.481 e. The van der Waals surface area contributed by atoms with Crippen molar-refractivity contribution in [3.05, 3.63) is 29.3 Å². The van der Waals surface area contributed by atoms with Gasteiger partial charge in [-0.2, -0.15) is 0 Å². The number of rotatable bonds is 4. The zero-order valence-electron chi connectivity index (χ0n) is 11.3. The van der Waals surface area contributed by atoms with Gasteiger partial charge in [-0.1, -0.05) is 19.1 Å². The zero-order chi connectivity index (χ0) is 14.0. The van der Waals surface area contributed by atoms with Crippen LogP contribution in [0.1, 0.15) is 30.9 Å². The number of fused-ring (bicyclic) bond motifs is 1. The number of carboxylic acids is 1. The van der Waals surface area contributed by atoms with Crippen molar-refractivity contribution < 1.29 is 14.7 Å². The van der Waals surface area contributed by atoms with Crippen LogP contribution in [0.15, 0.2) is 18.2 Å². The first-order valence-electron chi connectivity index (χ1n) is 6.60. The number of aliphatic carboxylic acids is 1. The number of benzene rings is 1. The van der Waals surface area contributed by atoms with Gasteiger partial charge in [0.15, 0.2) is 0 Å². The highest BCUT2D eigenvalue weighted by Gasteiger charge is 2.20. The molecule has 1 amide bonds. The maximum atomic E-state index is 11.6. The molecule has 0 spiro atoms. The summed E-state index contributed by atoms with van der Waals surface area (Å²) in [7, 11) is 1.80. The molecule has 0 radical (unpaired) electrons. The largest absolute Gasteiger partial charge is 0.481 e. The van der Waals surface area contributed by atoms with Crippen LogP contribution >= 0.6 is 0 Å². The Bertz CT molecular complexity index is 510. The molecular weight excluding hydrogens is 242 g/mol. The lowest BCUT2D eigenvalue weighted by Crippen LogP contribution is -2.31. The van der Waals surface area contributed by atoms with Crippen LogP contribution in [0.25, 0.3) is 0 Å². The molecule has 102 valence electrons. The topological polar surface area (TPSA) is 57.6 Å². The lowest BCUT2D eigenvalue weighted by Gasteiger charge is -2.26. The third kappa shape index (κ3) is 2.95. The van der Waals surface area contributed by atoms with Crippen LogP contribution in [-0.2, 0) is 22.4 Å². The summed E-state index contributed by atoms with van der Waals surface area (Å²) in [5.41, 5.74) is 3.31. The van der Waals surface area contributed by atoms with Crippen molar-refractivity contribution in [3.63, 3.8) is 0 Å². The van der Waals surface area contributed by atoms with E-state index in [1.807, 2.05) is 12.1 Å². The molecule has 0 saturated heterocycles. The number of anilines is 1. The van der Waals surface area contributed by atoms with Crippen LogP contribution in [0.3, 0.4) is 0 Å². The second-order valence-corrected chi connectivity index (χ2v) is 5.19. The Kier molecular flexibility index (Phi) is 3.88. The molecule has 1 atom stereocenters. The van der Waals surface area contributed by atoms with Gasteiger partial charge in [0, 0.05) is 19.2 Å². The molecule has 1 aliphatic rings. The van der Waals surface area contributed by atoms with Crippen molar-refractivity contribution in [3.8, 4) is 0 Å². The first-order chi connectivity index (χ1) is 8.99. The Labute approximate surface area is 113 Å². The minimum atomic E-state index is -0.747. The average molecular weight is 261 g/mol. The second kappa shape index (κ2) is 5.43. The fourth-order valence-corrected chi connectivity index (χ4v) is 2.37. The van der Waals surface area contributed by atoms with E-state index in [4.69, 9.17) is 5.11 Å². The summed E-state index contributed by atoms with van der Waals surface area (Å²) < 4.78 is 0. The summed E-state index contributed by atoms with van der Waals surface area (Å²) in [4.78, 5) is 24.1. The number of carboxylic acid groups (broad SMARTS) is 1. The predicted molar refractivity (Wildman–Crippen MR) is 73.3 cm³/mol. The molecule has 2 rings (SSSR count). The SMILES string of the molecule is CC(CCc1ccc2c(c1)CCC(=O)N2C)C(=O)O. The fraction of sp³-hybridized carbons (Fsp3) is 0.467. The van der Waals surface area contributed by atoms with Gasteiger partial charge in [-0.25, -0.2) is 0 Å². The molecule has 1 unspecified atom stereocenters. The molecule has 0 saturated carbocycles. The van der Waals surface area contributed by atoms with Crippen LogP contribution in [-0.4, -0.2) is 24.0 Å². The lowest BCUT2D eigenvalue weighted by molar-refractivity contribution is -0.141. The Morgan fingerprint density at radius 1 is 1.42 bits per heavy atom. The van der Waals surface area contributed by atoms with Crippen LogP contribution < -0.4 is 4.90 Å². The smallest absolute Gasteiger partial charge is 0.306 e. The Morgan fingerprint density at radius 2 is 2.16 bits per heavy atom. The standard InChI is InChI=1S/C15H19NO3/c1-10(15(18)19)3-4-11-5-7-13-12(9-11)6-8-14(17)16(13)2/h5,7,9-10H,3-4,6,8H2,1-2H3,(H,18,19). The maximum absolute atomic E-state index is 11.6. The van der Waals surface area contributed by atoms with E-state index in [9.17, 15) is 9.59 Å². The fourth-order valence-electron chi connectivity index (χ4n) is 2.37. The van der Waals surface area contributed by atoms with Crippen LogP contribution in [0, 0.1) is 5.92 Å². The normalized spacial score (nSPS) is 16.1. The van der Waals surface area contributed by atoms with E-state index in [1.54, 1.807) is 18.9 Å². The van der Waals surface area contributed by atoms with Crippen LogP contribution in [0.5, 0.6) is 0 Å². The molecule has 1 aromatic rings. The zero-order valence-corrected chi connectivity index (χ0v) is 11.3. The molecule has 19 heavy (non-hydrogen) atoms. The first kappa shape index (κ1) is 13.6. The maximum Gasteiger partial charge on any atom is 0.306 e. The predicted octanol–water partition coefficient (Wildman–Crippen LogP) is 2.25. The van der Waals surface area contributed by atoms with Crippen molar-refractivity contribution >= 4 is 17.6 Å². The van der Waals surface area contributed by atoms with Gasteiger partial charge >= 0.3 is 5.97 Å². The Morgan fingerprint density at radius 3 is 2.84 bits per heavy atom. The van der Waals surface area contributed by atoms with E-state index >= 15 is 0 Å². The van der Waals surface area contributed by atoms with Gasteiger partial charge in [-0.3, -0.25) is 9.59 Å². The van der Waals surface area contributed by atoms with Gasteiger partial charge in [0.2, 0.25) is 5.91 Å². The Hall–Kier alpha value is -1.84. The van der Waals surface area contributed by atoms with Gasteiger partial charge in [0.1, 0.15) is 0 Å². The van der Waals surface area contributed by atoms with Gasteiger partial charge in [-0.15, -0.1) is 0 Å². The van der Waals surface area contributed by atoms with E-state index in [2.05, 4.69) is 6.07 Å². The number of hydrogen-bond donors (Lipinski definition) is 1. The lowest BCUT2D eigenvalue weighted by atomic mass is 9.95. The van der Waals surface area contributed by atoms with Crippen molar-refractivity contribution in [1.82, 2.24) is 0 Å². The highest BCUT2D eigenvalue weighted by atomic mass is 16.4. The molecular formula is C15H19NO3. The summed E-state index contributed by atoms with van der Waals surface area (Å²) in [6, 6.07) is 6.06. The second-order valence-electron chi connectivity index (χ2n) is 5.19. The van der Waals surface area contributed by atoms with E-state index in [0.29, 0.717) is 12.8 Å². The third-order valence-electron chi connectivity index (χ3n) is 3.78. The number of nitrogens with zero attached hydrogens (tertiary/aromatic N) is 1.